The van der Waals surface area contributed by atoms with E-state index in [-0.39, 0.29) is 11.6 Å². The normalized spacial score (nSPS) is 17.6. The van der Waals surface area contributed by atoms with E-state index in [0.717, 1.165) is 12.8 Å². The number of nitrogens with zero attached hydrogens (tertiary/aromatic N) is 2. The zero-order valence-electron chi connectivity index (χ0n) is 11.1. The Labute approximate surface area is 111 Å². The van der Waals surface area contributed by atoms with Crippen LogP contribution < -0.4 is 15.4 Å². The predicted octanol–water partition coefficient (Wildman–Crippen LogP) is 1.18. The van der Waals surface area contributed by atoms with Crippen molar-refractivity contribution in [2.45, 2.75) is 25.3 Å². The Kier molecular flexibility index (Phi) is 4.16. The van der Waals surface area contributed by atoms with E-state index in [2.05, 4.69) is 20.6 Å². The van der Waals surface area contributed by atoms with Crippen LogP contribution in [0.25, 0.3) is 0 Å². The molecule has 7 heteroatoms. The first-order valence-electron chi connectivity index (χ1n) is 6.14. The summed E-state index contributed by atoms with van der Waals surface area (Å²) in [6, 6.07) is -0.304. The first-order chi connectivity index (χ1) is 9.13. The van der Waals surface area contributed by atoms with Gasteiger partial charge in [0.25, 0.3) is 0 Å². The van der Waals surface area contributed by atoms with Crippen molar-refractivity contribution in [1.29, 1.82) is 0 Å². The number of anilines is 1. The minimum absolute atomic E-state index is 0.247. The van der Waals surface area contributed by atoms with Crippen LogP contribution in [-0.2, 0) is 4.74 Å². The SMILES string of the molecule is COc1cncnc1NC(=O)NC1(C)CCOCC1. The zero-order valence-corrected chi connectivity index (χ0v) is 11.1. The maximum Gasteiger partial charge on any atom is 0.320 e. The number of ether oxygens (including phenoxy) is 2. The lowest BCUT2D eigenvalue weighted by atomic mass is 9.93. The van der Waals surface area contributed by atoms with Crippen molar-refractivity contribution in [3.63, 3.8) is 0 Å². The van der Waals surface area contributed by atoms with Crippen molar-refractivity contribution in [1.82, 2.24) is 15.3 Å². The van der Waals surface area contributed by atoms with Crippen molar-refractivity contribution in [3.8, 4) is 5.75 Å². The van der Waals surface area contributed by atoms with Gasteiger partial charge in [0, 0.05) is 18.8 Å². The second kappa shape index (κ2) is 5.83. The molecule has 0 aliphatic carbocycles. The first-order valence-corrected chi connectivity index (χ1v) is 6.14. The Morgan fingerprint density at radius 3 is 2.89 bits per heavy atom. The Balaban J connectivity index is 1.97. The number of hydrogen-bond acceptors (Lipinski definition) is 5. The highest BCUT2D eigenvalue weighted by molar-refractivity contribution is 5.90. The molecule has 7 nitrogen and oxygen atoms in total. The largest absolute Gasteiger partial charge is 0.491 e. The molecule has 2 rings (SSSR count). The van der Waals surface area contributed by atoms with Gasteiger partial charge in [-0.05, 0) is 19.8 Å². The van der Waals surface area contributed by atoms with Gasteiger partial charge in [-0.1, -0.05) is 0 Å². The van der Waals surface area contributed by atoms with Crippen molar-refractivity contribution >= 4 is 11.8 Å². The van der Waals surface area contributed by atoms with Crippen LogP contribution in [0, 0.1) is 0 Å². The molecule has 2 heterocycles. The third-order valence-electron chi connectivity index (χ3n) is 3.14. The molecule has 0 bridgehead atoms. The third kappa shape index (κ3) is 3.54. The number of carbonyl (C=O) groups excluding carboxylic acids is 1. The molecule has 104 valence electrons. The standard InChI is InChI=1S/C12H18N4O3/c1-12(3-5-19-6-4-12)16-11(17)15-10-9(18-2)7-13-8-14-10/h7-8H,3-6H2,1-2H3,(H2,13,14,15,16,17). The lowest BCUT2D eigenvalue weighted by Gasteiger charge is -2.34. The maximum atomic E-state index is 12.0. The van der Waals surface area contributed by atoms with Crippen molar-refractivity contribution in [2.75, 3.05) is 25.6 Å². The Morgan fingerprint density at radius 1 is 1.47 bits per heavy atom. The maximum absolute atomic E-state index is 12.0. The summed E-state index contributed by atoms with van der Waals surface area (Å²) in [6.45, 7) is 3.33. The number of carbonyl (C=O) groups is 1. The molecule has 1 aromatic rings. The van der Waals surface area contributed by atoms with Gasteiger partial charge in [-0.3, -0.25) is 5.32 Å². The second-order valence-corrected chi connectivity index (χ2v) is 4.69. The van der Waals surface area contributed by atoms with E-state index in [1.54, 1.807) is 0 Å². The van der Waals surface area contributed by atoms with Gasteiger partial charge in [0.2, 0.25) is 0 Å². The highest BCUT2D eigenvalue weighted by Crippen LogP contribution is 2.21. The summed E-state index contributed by atoms with van der Waals surface area (Å²) in [4.78, 5) is 19.8. The molecular weight excluding hydrogens is 248 g/mol. The van der Waals surface area contributed by atoms with E-state index in [9.17, 15) is 4.79 Å². The average molecular weight is 266 g/mol. The molecule has 0 spiro atoms. The van der Waals surface area contributed by atoms with E-state index in [0.29, 0.717) is 24.8 Å². The quantitative estimate of drug-likeness (QED) is 0.858. The van der Waals surface area contributed by atoms with E-state index in [1.807, 2.05) is 6.92 Å². The highest BCUT2D eigenvalue weighted by atomic mass is 16.5. The molecular formula is C12H18N4O3. The average Bonchev–Trinajstić information content (AvgIpc) is 2.39. The molecule has 1 fully saturated rings. The van der Waals surface area contributed by atoms with E-state index in [4.69, 9.17) is 9.47 Å². The van der Waals surface area contributed by atoms with E-state index < -0.39 is 0 Å². The number of hydrogen-bond donors (Lipinski definition) is 2. The molecule has 19 heavy (non-hydrogen) atoms. The molecule has 0 aromatic carbocycles. The van der Waals surface area contributed by atoms with Crippen LogP contribution in [0.1, 0.15) is 19.8 Å². The number of amides is 2. The molecule has 0 atom stereocenters. The Bertz CT molecular complexity index is 446. The lowest BCUT2D eigenvalue weighted by molar-refractivity contribution is 0.0499. The third-order valence-corrected chi connectivity index (χ3v) is 3.14. The molecule has 1 aromatic heterocycles. The summed E-state index contributed by atoms with van der Waals surface area (Å²) in [5, 5.41) is 5.62. The molecule has 1 saturated heterocycles. The fourth-order valence-corrected chi connectivity index (χ4v) is 1.92. The van der Waals surface area contributed by atoms with E-state index in [1.165, 1.54) is 19.6 Å². The Morgan fingerprint density at radius 2 is 2.21 bits per heavy atom. The number of rotatable bonds is 3. The van der Waals surface area contributed by atoms with Gasteiger partial charge in [-0.2, -0.15) is 0 Å². The number of aromatic nitrogens is 2. The lowest BCUT2D eigenvalue weighted by Crippen LogP contribution is -2.51. The molecule has 1 aliphatic rings. The minimum atomic E-state index is -0.304. The zero-order chi connectivity index (χ0) is 13.7. The van der Waals surface area contributed by atoms with Crippen LogP contribution in [0.15, 0.2) is 12.5 Å². The van der Waals surface area contributed by atoms with Gasteiger partial charge in [-0.15, -0.1) is 0 Å². The van der Waals surface area contributed by atoms with Crippen LogP contribution in [0.5, 0.6) is 5.75 Å². The Hall–Kier alpha value is -1.89. The molecule has 2 amide bonds. The summed E-state index contributed by atoms with van der Waals surface area (Å²) in [7, 11) is 1.50. The van der Waals surface area contributed by atoms with Crippen LogP contribution in [0.4, 0.5) is 10.6 Å². The van der Waals surface area contributed by atoms with Gasteiger partial charge < -0.3 is 14.8 Å². The van der Waals surface area contributed by atoms with Crippen molar-refractivity contribution in [2.24, 2.45) is 0 Å². The van der Waals surface area contributed by atoms with Gasteiger partial charge >= 0.3 is 6.03 Å². The summed E-state index contributed by atoms with van der Waals surface area (Å²) >= 11 is 0. The smallest absolute Gasteiger partial charge is 0.320 e. The number of methoxy groups -OCH3 is 1. The summed E-state index contributed by atoms with van der Waals surface area (Å²) in [5.41, 5.74) is -0.247. The van der Waals surface area contributed by atoms with Gasteiger partial charge in [0.05, 0.1) is 13.3 Å². The molecule has 0 unspecified atom stereocenters. The van der Waals surface area contributed by atoms with Crippen LogP contribution in [0.2, 0.25) is 0 Å². The molecule has 0 saturated carbocycles. The fraction of sp³-hybridized carbons (Fsp3) is 0.583. The van der Waals surface area contributed by atoms with Crippen LogP contribution in [0.3, 0.4) is 0 Å². The fourth-order valence-electron chi connectivity index (χ4n) is 1.92. The summed E-state index contributed by atoms with van der Waals surface area (Å²) in [5.74, 6) is 0.778. The highest BCUT2D eigenvalue weighted by Gasteiger charge is 2.29. The molecule has 1 aliphatic heterocycles. The van der Waals surface area contributed by atoms with Crippen molar-refractivity contribution in [3.05, 3.63) is 12.5 Å². The van der Waals surface area contributed by atoms with Crippen LogP contribution >= 0.6 is 0 Å². The topological polar surface area (TPSA) is 85.4 Å². The number of urea groups is 1. The summed E-state index contributed by atoms with van der Waals surface area (Å²) < 4.78 is 10.4. The van der Waals surface area contributed by atoms with Crippen LogP contribution in [-0.4, -0.2) is 41.9 Å². The molecule has 2 N–H and O–H groups in total. The van der Waals surface area contributed by atoms with Gasteiger partial charge in [0.15, 0.2) is 11.6 Å². The second-order valence-electron chi connectivity index (χ2n) is 4.69. The predicted molar refractivity (Wildman–Crippen MR) is 69.2 cm³/mol. The van der Waals surface area contributed by atoms with E-state index >= 15 is 0 Å². The first kappa shape index (κ1) is 13.5. The van der Waals surface area contributed by atoms with Gasteiger partial charge in [0.1, 0.15) is 6.33 Å². The molecule has 0 radical (unpaired) electrons. The monoisotopic (exact) mass is 266 g/mol. The van der Waals surface area contributed by atoms with Crippen molar-refractivity contribution < 1.29 is 14.3 Å². The summed E-state index contributed by atoms with van der Waals surface area (Å²) in [6.07, 6.45) is 4.44. The van der Waals surface area contributed by atoms with Gasteiger partial charge in [-0.25, -0.2) is 14.8 Å². The number of nitrogens with one attached hydrogen (secondary N) is 2. The minimum Gasteiger partial charge on any atom is -0.491 e.